The second-order valence-corrected chi connectivity index (χ2v) is 5.56. The van der Waals surface area contributed by atoms with Gasteiger partial charge in [-0.3, -0.25) is 0 Å². The lowest BCUT2D eigenvalue weighted by molar-refractivity contribution is 0.0694. The van der Waals surface area contributed by atoms with Crippen LogP contribution in [0, 0.1) is 18.3 Å². The molecule has 0 aliphatic carbocycles. The van der Waals surface area contributed by atoms with Gasteiger partial charge in [0.25, 0.3) is 0 Å². The van der Waals surface area contributed by atoms with E-state index in [1.54, 1.807) is 12.1 Å². The molecule has 0 spiro atoms. The summed E-state index contributed by atoms with van der Waals surface area (Å²) in [5.74, 6) is -0.595. The highest BCUT2D eigenvalue weighted by molar-refractivity contribution is 5.88. The van der Waals surface area contributed by atoms with Gasteiger partial charge in [0.15, 0.2) is 5.82 Å². The van der Waals surface area contributed by atoms with Crippen LogP contribution in [-0.2, 0) is 7.05 Å². The molecule has 0 aliphatic heterocycles. The fourth-order valence-corrected chi connectivity index (χ4v) is 2.26. The normalized spacial score (nSPS) is 11.1. The van der Waals surface area contributed by atoms with Gasteiger partial charge in [-0.1, -0.05) is 13.8 Å². The average Bonchev–Trinajstić information content (AvgIpc) is 2.80. The van der Waals surface area contributed by atoms with Crippen LogP contribution in [0.1, 0.15) is 58.6 Å². The van der Waals surface area contributed by atoms with E-state index in [2.05, 4.69) is 16.0 Å². The zero-order valence-corrected chi connectivity index (χ0v) is 13.5. The monoisotopic (exact) mass is 310 g/mol. The van der Waals surface area contributed by atoms with Gasteiger partial charge in [-0.05, 0) is 36.6 Å². The Kier molecular flexibility index (Phi) is 4.60. The minimum atomic E-state index is -1.03. The van der Waals surface area contributed by atoms with Gasteiger partial charge >= 0.3 is 5.97 Å². The molecule has 0 atom stereocenters. The summed E-state index contributed by atoms with van der Waals surface area (Å²) in [6, 6.07) is 3.92. The molecule has 0 saturated heterocycles. The van der Waals surface area contributed by atoms with Crippen molar-refractivity contribution < 1.29 is 9.90 Å². The Bertz CT molecular complexity index is 826. The Balaban J connectivity index is 2.39. The van der Waals surface area contributed by atoms with E-state index in [9.17, 15) is 9.90 Å². The molecule has 2 aromatic heterocycles. The average molecular weight is 310 g/mol. The van der Waals surface area contributed by atoms with Crippen molar-refractivity contribution >= 4 is 18.1 Å². The third-order valence-corrected chi connectivity index (χ3v) is 3.72. The Morgan fingerprint density at radius 2 is 2.13 bits per heavy atom. The third-order valence-electron chi connectivity index (χ3n) is 3.72. The van der Waals surface area contributed by atoms with Crippen molar-refractivity contribution in [1.29, 1.82) is 5.26 Å². The zero-order chi connectivity index (χ0) is 17.1. The summed E-state index contributed by atoms with van der Waals surface area (Å²) in [6.07, 6.45) is 4.89. The van der Waals surface area contributed by atoms with Gasteiger partial charge in [-0.25, -0.2) is 14.8 Å². The molecule has 6 nitrogen and oxygen atoms in total. The molecule has 0 amide bonds. The van der Waals surface area contributed by atoms with E-state index in [1.807, 2.05) is 38.5 Å². The fraction of sp³-hybridized carbons (Fsp3) is 0.294. The largest absolute Gasteiger partial charge is 0.478 e. The summed E-state index contributed by atoms with van der Waals surface area (Å²) in [6.45, 7) is 5.71. The Hall–Kier alpha value is -2.94. The maximum atomic E-state index is 11.2. The van der Waals surface area contributed by atoms with Crippen molar-refractivity contribution in [3.8, 4) is 6.07 Å². The van der Waals surface area contributed by atoms with E-state index in [4.69, 9.17) is 5.26 Å². The number of hydrogen-bond donors (Lipinski definition) is 1. The smallest absolute Gasteiger partial charge is 0.339 e. The summed E-state index contributed by atoms with van der Waals surface area (Å²) in [7, 11) is 1.83. The van der Waals surface area contributed by atoms with Crippen LogP contribution in [0.2, 0.25) is 0 Å². The van der Waals surface area contributed by atoms with Gasteiger partial charge in [0.1, 0.15) is 11.8 Å². The van der Waals surface area contributed by atoms with E-state index < -0.39 is 5.97 Å². The first kappa shape index (κ1) is 16.4. The van der Waals surface area contributed by atoms with Crippen molar-refractivity contribution in [3.05, 3.63) is 46.3 Å². The molecule has 1 N–H and O–H groups in total. The van der Waals surface area contributed by atoms with E-state index in [0.717, 1.165) is 11.3 Å². The first-order valence-corrected chi connectivity index (χ1v) is 7.19. The molecule has 0 aliphatic rings. The maximum absolute atomic E-state index is 11.2. The lowest BCUT2D eigenvalue weighted by Gasteiger charge is -2.08. The van der Waals surface area contributed by atoms with E-state index in [-0.39, 0.29) is 11.5 Å². The second kappa shape index (κ2) is 6.44. The first-order chi connectivity index (χ1) is 10.8. The Labute approximate surface area is 134 Å². The van der Waals surface area contributed by atoms with Crippen LogP contribution in [-0.4, -0.2) is 25.6 Å². The van der Waals surface area contributed by atoms with Gasteiger partial charge in [0, 0.05) is 18.9 Å². The highest BCUT2D eigenvalue weighted by Crippen LogP contribution is 2.19. The number of aromatic nitrogens is 3. The predicted molar refractivity (Wildman–Crippen MR) is 86.9 cm³/mol. The summed E-state index contributed by atoms with van der Waals surface area (Å²) in [5.41, 5.74) is 3.08. The standard InChI is InChI=1S/C17H18N4O2/c1-10(2)16-14(17(22)23)9-19-15(20-16)6-5-12-7-13(8-18)21(4)11(12)3/h5-7,9-10H,1-4H3,(H,22,23). The summed E-state index contributed by atoms with van der Waals surface area (Å²) in [5, 5.41) is 18.2. The number of nitrogens with zero attached hydrogens (tertiary/aromatic N) is 4. The van der Waals surface area contributed by atoms with Gasteiger partial charge in [0.05, 0.1) is 11.3 Å². The van der Waals surface area contributed by atoms with Crippen LogP contribution in [0.15, 0.2) is 12.3 Å². The van der Waals surface area contributed by atoms with E-state index >= 15 is 0 Å². The molecule has 23 heavy (non-hydrogen) atoms. The molecule has 2 aromatic rings. The minimum absolute atomic E-state index is 0.0140. The molecule has 0 bridgehead atoms. The van der Waals surface area contributed by atoms with Crippen LogP contribution < -0.4 is 0 Å². The first-order valence-electron chi connectivity index (χ1n) is 7.19. The number of nitriles is 1. The Morgan fingerprint density at radius 1 is 1.43 bits per heavy atom. The van der Waals surface area contributed by atoms with Gasteiger partial charge in [-0.15, -0.1) is 0 Å². The molecule has 2 rings (SSSR count). The molecule has 118 valence electrons. The topological polar surface area (TPSA) is 91.8 Å². The minimum Gasteiger partial charge on any atom is -0.478 e. The molecule has 0 fully saturated rings. The lowest BCUT2D eigenvalue weighted by Crippen LogP contribution is -2.08. The van der Waals surface area contributed by atoms with Crippen LogP contribution in [0.25, 0.3) is 12.2 Å². The number of hydrogen-bond acceptors (Lipinski definition) is 4. The van der Waals surface area contributed by atoms with Crippen molar-refractivity contribution in [3.63, 3.8) is 0 Å². The zero-order valence-electron chi connectivity index (χ0n) is 13.5. The van der Waals surface area contributed by atoms with Gasteiger partial charge < -0.3 is 9.67 Å². The van der Waals surface area contributed by atoms with Crippen molar-refractivity contribution in [2.24, 2.45) is 7.05 Å². The molecule has 6 heteroatoms. The van der Waals surface area contributed by atoms with Crippen LogP contribution in [0.3, 0.4) is 0 Å². The summed E-state index contributed by atoms with van der Waals surface area (Å²) in [4.78, 5) is 19.6. The SMILES string of the molecule is Cc1c(C=Cc2ncc(C(=O)O)c(C(C)C)n2)cc(C#N)n1C. The highest BCUT2D eigenvalue weighted by Gasteiger charge is 2.15. The fourth-order valence-electron chi connectivity index (χ4n) is 2.26. The van der Waals surface area contributed by atoms with E-state index in [0.29, 0.717) is 17.2 Å². The lowest BCUT2D eigenvalue weighted by atomic mass is 10.1. The number of aromatic carboxylic acids is 1. The molecule has 0 saturated carbocycles. The van der Waals surface area contributed by atoms with Crippen molar-refractivity contribution in [2.75, 3.05) is 0 Å². The molecule has 0 unspecified atom stereocenters. The summed E-state index contributed by atoms with van der Waals surface area (Å²) < 4.78 is 1.81. The maximum Gasteiger partial charge on any atom is 0.339 e. The molecule has 0 radical (unpaired) electrons. The van der Waals surface area contributed by atoms with Crippen molar-refractivity contribution in [2.45, 2.75) is 26.7 Å². The number of carboxylic acid groups (broad SMARTS) is 1. The number of rotatable bonds is 4. The van der Waals surface area contributed by atoms with Gasteiger partial charge in [-0.2, -0.15) is 5.26 Å². The molecule has 2 heterocycles. The highest BCUT2D eigenvalue weighted by atomic mass is 16.4. The number of carboxylic acids is 1. The van der Waals surface area contributed by atoms with Crippen molar-refractivity contribution in [1.82, 2.24) is 14.5 Å². The second-order valence-electron chi connectivity index (χ2n) is 5.56. The predicted octanol–water partition coefficient (Wildman–Crippen LogP) is 2.99. The Morgan fingerprint density at radius 3 is 2.65 bits per heavy atom. The van der Waals surface area contributed by atoms with Gasteiger partial charge in [0.2, 0.25) is 0 Å². The van der Waals surface area contributed by atoms with Crippen LogP contribution >= 0.6 is 0 Å². The molecule has 0 aromatic carbocycles. The van der Waals surface area contributed by atoms with Crippen LogP contribution in [0.5, 0.6) is 0 Å². The third kappa shape index (κ3) is 3.29. The molecular weight excluding hydrogens is 292 g/mol. The summed E-state index contributed by atoms with van der Waals surface area (Å²) >= 11 is 0. The quantitative estimate of drug-likeness (QED) is 0.937. The number of carbonyl (C=O) groups is 1. The van der Waals surface area contributed by atoms with E-state index in [1.165, 1.54) is 6.20 Å². The molecular formula is C17H18N4O2. The van der Waals surface area contributed by atoms with Crippen LogP contribution in [0.4, 0.5) is 0 Å².